The minimum absolute atomic E-state index is 0.193. The highest BCUT2D eigenvalue weighted by Gasteiger charge is 2.14. The quantitative estimate of drug-likeness (QED) is 0.458. The Morgan fingerprint density at radius 3 is 2.79 bits per heavy atom. The summed E-state index contributed by atoms with van der Waals surface area (Å²) < 4.78 is 28.7. The first-order valence-electron chi connectivity index (χ1n) is 7.98. The zero-order valence-corrected chi connectivity index (χ0v) is 15.0. The molecule has 7 nitrogen and oxygen atoms in total. The molecule has 0 amide bonds. The van der Waals surface area contributed by atoms with Gasteiger partial charge >= 0.3 is 6.61 Å². The number of aromatic nitrogens is 2. The van der Waals surface area contributed by atoms with E-state index in [2.05, 4.69) is 31.6 Å². The first-order chi connectivity index (χ1) is 13.5. The van der Waals surface area contributed by atoms with Crippen molar-refractivity contribution < 1.29 is 18.6 Å². The van der Waals surface area contributed by atoms with E-state index in [1.807, 2.05) is 0 Å². The lowest BCUT2D eigenvalue weighted by Gasteiger charge is -2.09. The maximum Gasteiger partial charge on any atom is 0.387 e. The Kier molecular flexibility index (Phi) is 5.81. The van der Waals surface area contributed by atoms with E-state index in [9.17, 15) is 19.1 Å². The Labute approximate surface area is 163 Å². The molecule has 0 aliphatic heterocycles. The van der Waals surface area contributed by atoms with Gasteiger partial charge in [-0.15, -0.1) is 0 Å². The van der Waals surface area contributed by atoms with Crippen LogP contribution in [0.4, 0.5) is 26.1 Å². The predicted molar refractivity (Wildman–Crippen MR) is 100 cm³/mol. The number of benzene rings is 2. The lowest BCUT2D eigenvalue weighted by molar-refractivity contribution is -0.0512. The van der Waals surface area contributed by atoms with Crippen LogP contribution < -0.4 is 15.4 Å². The van der Waals surface area contributed by atoms with Crippen molar-refractivity contribution in [2.75, 3.05) is 10.6 Å². The standard InChI is InChI=1S/C18H14ClF2N5O2/c19-11-2-1-3-12(7-11)24-17-13(8-22)16(25-26-17)23-9-10-4-5-15(14(27)6-10)28-18(20)21/h1-7,18,27H,9H2,(H3,23,24,25,26). The number of anilines is 3. The van der Waals surface area contributed by atoms with Gasteiger partial charge in [0.05, 0.1) is 0 Å². The highest BCUT2D eigenvalue weighted by Crippen LogP contribution is 2.29. The molecule has 3 rings (SSSR count). The van der Waals surface area contributed by atoms with Crippen molar-refractivity contribution in [3.05, 3.63) is 58.6 Å². The molecule has 1 aromatic heterocycles. The summed E-state index contributed by atoms with van der Waals surface area (Å²) in [6, 6.07) is 13.1. The first kappa shape index (κ1) is 19.3. The number of phenols is 1. The van der Waals surface area contributed by atoms with Crippen LogP contribution in [-0.2, 0) is 6.54 Å². The molecule has 4 N–H and O–H groups in total. The molecule has 1 heterocycles. The van der Waals surface area contributed by atoms with Crippen molar-refractivity contribution in [2.45, 2.75) is 13.2 Å². The fourth-order valence-corrected chi connectivity index (χ4v) is 2.62. The number of hydrogen-bond acceptors (Lipinski definition) is 6. The second-order valence-corrected chi connectivity index (χ2v) is 6.04. The summed E-state index contributed by atoms with van der Waals surface area (Å²) >= 11 is 5.95. The van der Waals surface area contributed by atoms with E-state index in [4.69, 9.17) is 11.6 Å². The van der Waals surface area contributed by atoms with Gasteiger partial charge in [-0.1, -0.05) is 23.7 Å². The lowest BCUT2D eigenvalue weighted by atomic mass is 10.2. The molecular formula is C18H14ClF2N5O2. The van der Waals surface area contributed by atoms with E-state index >= 15 is 0 Å². The van der Waals surface area contributed by atoms with Gasteiger partial charge in [0, 0.05) is 17.3 Å². The molecular weight excluding hydrogens is 392 g/mol. The number of H-pyrrole nitrogens is 1. The highest BCUT2D eigenvalue weighted by atomic mass is 35.5. The van der Waals surface area contributed by atoms with Crippen molar-refractivity contribution in [3.8, 4) is 17.6 Å². The minimum atomic E-state index is -3.03. The van der Waals surface area contributed by atoms with Crippen molar-refractivity contribution in [1.82, 2.24) is 10.2 Å². The number of phenolic OH excluding ortho intramolecular Hbond substituents is 1. The maximum absolute atomic E-state index is 12.2. The maximum atomic E-state index is 12.2. The average Bonchev–Trinajstić information content (AvgIpc) is 3.03. The van der Waals surface area contributed by atoms with Crippen LogP contribution in [0.1, 0.15) is 11.1 Å². The van der Waals surface area contributed by atoms with Crippen LogP contribution in [0.15, 0.2) is 42.5 Å². The van der Waals surface area contributed by atoms with Gasteiger partial charge < -0.3 is 20.5 Å². The molecule has 0 bridgehead atoms. The number of alkyl halides is 2. The summed E-state index contributed by atoms with van der Waals surface area (Å²) in [4.78, 5) is 0. The number of nitriles is 1. The third kappa shape index (κ3) is 4.61. The zero-order chi connectivity index (χ0) is 20.1. The van der Waals surface area contributed by atoms with Crippen LogP contribution >= 0.6 is 11.6 Å². The van der Waals surface area contributed by atoms with Crippen LogP contribution in [0, 0.1) is 11.3 Å². The molecule has 0 saturated heterocycles. The summed E-state index contributed by atoms with van der Waals surface area (Å²) in [6.07, 6.45) is 0. The lowest BCUT2D eigenvalue weighted by Crippen LogP contribution is -2.04. The molecule has 0 aliphatic rings. The first-order valence-corrected chi connectivity index (χ1v) is 8.35. The van der Waals surface area contributed by atoms with Gasteiger partial charge in [-0.05, 0) is 35.9 Å². The molecule has 0 radical (unpaired) electrons. The molecule has 144 valence electrons. The molecule has 0 atom stereocenters. The Bertz CT molecular complexity index is 1020. The van der Waals surface area contributed by atoms with Gasteiger partial charge in [-0.3, -0.25) is 5.10 Å². The molecule has 0 aliphatic carbocycles. The van der Waals surface area contributed by atoms with E-state index in [1.165, 1.54) is 18.2 Å². The number of rotatable bonds is 7. The summed E-state index contributed by atoms with van der Waals surface area (Å²) in [5.41, 5.74) is 1.51. The minimum Gasteiger partial charge on any atom is -0.504 e. The third-order valence-corrected chi connectivity index (χ3v) is 3.91. The number of nitrogens with zero attached hydrogens (tertiary/aromatic N) is 2. The Balaban J connectivity index is 1.71. The molecule has 28 heavy (non-hydrogen) atoms. The van der Waals surface area contributed by atoms with Crippen molar-refractivity contribution in [3.63, 3.8) is 0 Å². The smallest absolute Gasteiger partial charge is 0.387 e. The highest BCUT2D eigenvalue weighted by molar-refractivity contribution is 6.30. The molecule has 3 aromatic rings. The number of nitrogens with one attached hydrogen (secondary N) is 3. The fraction of sp³-hybridized carbons (Fsp3) is 0.111. The van der Waals surface area contributed by atoms with Crippen molar-refractivity contribution >= 4 is 28.9 Å². The van der Waals surface area contributed by atoms with Gasteiger partial charge in [0.15, 0.2) is 17.3 Å². The molecule has 0 spiro atoms. The van der Waals surface area contributed by atoms with Gasteiger partial charge in [0.2, 0.25) is 0 Å². The average molecular weight is 406 g/mol. The zero-order valence-electron chi connectivity index (χ0n) is 14.2. The Hall–Kier alpha value is -3.51. The van der Waals surface area contributed by atoms with Crippen LogP contribution in [0.3, 0.4) is 0 Å². The summed E-state index contributed by atoms with van der Waals surface area (Å²) in [5, 5.41) is 32.5. The second-order valence-electron chi connectivity index (χ2n) is 5.60. The number of aromatic hydroxyl groups is 1. The largest absolute Gasteiger partial charge is 0.504 e. The normalized spacial score (nSPS) is 10.5. The predicted octanol–water partition coefficient (Wildman–Crippen LogP) is 4.60. The van der Waals surface area contributed by atoms with Gasteiger partial charge in [0.25, 0.3) is 0 Å². The summed E-state index contributed by atoms with van der Waals surface area (Å²) in [6.45, 7) is -2.83. The van der Waals surface area contributed by atoms with Crippen molar-refractivity contribution in [2.24, 2.45) is 0 Å². The fourth-order valence-electron chi connectivity index (χ4n) is 2.43. The Morgan fingerprint density at radius 2 is 2.11 bits per heavy atom. The number of aromatic amines is 1. The van der Waals surface area contributed by atoms with Crippen LogP contribution in [0.2, 0.25) is 5.02 Å². The molecule has 0 saturated carbocycles. The van der Waals surface area contributed by atoms with Crippen LogP contribution in [-0.4, -0.2) is 21.9 Å². The van der Waals surface area contributed by atoms with Crippen molar-refractivity contribution in [1.29, 1.82) is 5.26 Å². The van der Waals surface area contributed by atoms with Crippen LogP contribution in [0.5, 0.6) is 11.5 Å². The van der Waals surface area contributed by atoms with Gasteiger partial charge in [-0.2, -0.15) is 19.1 Å². The Morgan fingerprint density at radius 1 is 1.29 bits per heavy atom. The molecule has 2 aromatic carbocycles. The molecule has 0 fully saturated rings. The third-order valence-electron chi connectivity index (χ3n) is 3.67. The summed E-state index contributed by atoms with van der Waals surface area (Å²) in [5.74, 6) is -0.0510. The van der Waals surface area contributed by atoms with E-state index in [0.717, 1.165) is 0 Å². The van der Waals surface area contributed by atoms with Gasteiger partial charge in [-0.25, -0.2) is 0 Å². The summed E-state index contributed by atoms with van der Waals surface area (Å²) in [7, 11) is 0. The molecule has 0 unspecified atom stereocenters. The monoisotopic (exact) mass is 405 g/mol. The van der Waals surface area contributed by atoms with E-state index in [1.54, 1.807) is 24.3 Å². The van der Waals surface area contributed by atoms with Crippen LogP contribution in [0.25, 0.3) is 0 Å². The topological polar surface area (TPSA) is 106 Å². The van der Waals surface area contributed by atoms with Gasteiger partial charge in [0.1, 0.15) is 17.5 Å². The van der Waals surface area contributed by atoms with E-state index in [-0.39, 0.29) is 17.9 Å². The molecule has 10 heteroatoms. The number of hydrogen-bond donors (Lipinski definition) is 4. The number of halogens is 3. The van der Waals surface area contributed by atoms with E-state index < -0.39 is 12.4 Å². The number of ether oxygens (including phenoxy) is 1. The van der Waals surface area contributed by atoms with E-state index in [0.29, 0.717) is 27.9 Å². The SMILES string of the molecule is N#Cc1c(NCc2ccc(OC(F)F)c(O)c2)n[nH]c1Nc1cccc(Cl)c1. The second kappa shape index (κ2) is 8.45.